The number of thioether (sulfide) groups is 1. The number of carbonyl (C=O) groups is 2. The van der Waals surface area contributed by atoms with Crippen LogP contribution in [0.5, 0.6) is 0 Å². The highest BCUT2D eigenvalue weighted by molar-refractivity contribution is 8.15. The summed E-state index contributed by atoms with van der Waals surface area (Å²) in [5, 5.41) is -0.642. The van der Waals surface area contributed by atoms with Crippen LogP contribution >= 0.6 is 11.8 Å². The molecule has 1 aromatic rings. The second-order valence-corrected chi connectivity index (χ2v) is 7.45. The molecule has 1 saturated heterocycles. The predicted octanol–water partition coefficient (Wildman–Crippen LogP) is 1.29. The number of amides is 2. The van der Waals surface area contributed by atoms with E-state index in [1.807, 2.05) is 0 Å². The molecule has 2 amide bonds. The van der Waals surface area contributed by atoms with E-state index in [9.17, 15) is 18.0 Å². The van der Waals surface area contributed by atoms with E-state index in [0.29, 0.717) is 12.1 Å². The SMILES string of the molecule is CN1C(=O)S[C@H](Cc2ccc(NS(C)(=O)=O)cc2)C1=O. The number of benzene rings is 1. The first-order chi connectivity index (χ1) is 9.26. The summed E-state index contributed by atoms with van der Waals surface area (Å²) < 4.78 is 24.5. The number of sulfonamides is 1. The van der Waals surface area contributed by atoms with Crippen LogP contribution in [0.3, 0.4) is 0 Å². The molecule has 0 aliphatic carbocycles. The summed E-state index contributed by atoms with van der Waals surface area (Å²) in [6.45, 7) is 0. The van der Waals surface area contributed by atoms with Crippen molar-refractivity contribution in [2.24, 2.45) is 0 Å². The Morgan fingerprint density at radius 1 is 1.25 bits per heavy atom. The molecule has 0 unspecified atom stereocenters. The molecule has 0 spiro atoms. The summed E-state index contributed by atoms with van der Waals surface area (Å²) in [6.07, 6.45) is 1.52. The van der Waals surface area contributed by atoms with E-state index in [4.69, 9.17) is 0 Å². The van der Waals surface area contributed by atoms with Gasteiger partial charge in [0.2, 0.25) is 15.9 Å². The fourth-order valence-corrected chi connectivity index (χ4v) is 3.41. The van der Waals surface area contributed by atoms with Crippen molar-refractivity contribution < 1.29 is 18.0 Å². The maximum Gasteiger partial charge on any atom is 0.288 e. The Bertz CT molecular complexity index is 640. The molecule has 0 saturated carbocycles. The van der Waals surface area contributed by atoms with Crippen molar-refractivity contribution in [1.82, 2.24) is 4.90 Å². The van der Waals surface area contributed by atoms with Crippen LogP contribution in [0.15, 0.2) is 24.3 Å². The summed E-state index contributed by atoms with van der Waals surface area (Å²) in [4.78, 5) is 24.3. The lowest BCUT2D eigenvalue weighted by Gasteiger charge is -2.09. The zero-order valence-electron chi connectivity index (χ0n) is 11.0. The molecule has 20 heavy (non-hydrogen) atoms. The molecule has 1 heterocycles. The minimum Gasteiger partial charge on any atom is -0.284 e. The molecular formula is C12H14N2O4S2. The van der Waals surface area contributed by atoms with Crippen molar-refractivity contribution >= 4 is 38.6 Å². The molecule has 1 fully saturated rings. The van der Waals surface area contributed by atoms with Crippen molar-refractivity contribution in [2.75, 3.05) is 18.0 Å². The van der Waals surface area contributed by atoms with Gasteiger partial charge in [0, 0.05) is 12.7 Å². The zero-order chi connectivity index (χ0) is 14.9. The molecule has 1 N–H and O–H groups in total. The molecule has 1 atom stereocenters. The van der Waals surface area contributed by atoms with Gasteiger partial charge in [-0.15, -0.1) is 0 Å². The Balaban J connectivity index is 2.05. The quantitative estimate of drug-likeness (QED) is 0.905. The molecule has 108 valence electrons. The number of hydrogen-bond donors (Lipinski definition) is 1. The van der Waals surface area contributed by atoms with Crippen molar-refractivity contribution in [3.63, 3.8) is 0 Å². The van der Waals surface area contributed by atoms with Crippen molar-refractivity contribution in [3.05, 3.63) is 29.8 Å². The highest BCUT2D eigenvalue weighted by atomic mass is 32.2. The molecular weight excluding hydrogens is 300 g/mol. The Morgan fingerprint density at radius 2 is 1.85 bits per heavy atom. The zero-order valence-corrected chi connectivity index (χ0v) is 12.6. The van der Waals surface area contributed by atoms with E-state index in [1.54, 1.807) is 24.3 Å². The van der Waals surface area contributed by atoms with E-state index in [0.717, 1.165) is 28.5 Å². The Kier molecular flexibility index (Phi) is 4.05. The third kappa shape index (κ3) is 3.51. The fourth-order valence-electron chi connectivity index (χ4n) is 1.82. The predicted molar refractivity (Wildman–Crippen MR) is 78.2 cm³/mol. The number of anilines is 1. The van der Waals surface area contributed by atoms with Gasteiger partial charge in [0.1, 0.15) is 0 Å². The number of carbonyl (C=O) groups excluding carboxylic acids is 2. The van der Waals surface area contributed by atoms with Crippen LogP contribution in [-0.4, -0.2) is 43.0 Å². The summed E-state index contributed by atoms with van der Waals surface area (Å²) >= 11 is 1.02. The van der Waals surface area contributed by atoms with Crippen LogP contribution in [0, 0.1) is 0 Å². The van der Waals surface area contributed by atoms with Crippen LogP contribution in [0.4, 0.5) is 10.5 Å². The van der Waals surface area contributed by atoms with Gasteiger partial charge in [0.05, 0.1) is 11.5 Å². The number of imide groups is 1. The lowest BCUT2D eigenvalue weighted by Crippen LogP contribution is -2.28. The van der Waals surface area contributed by atoms with Gasteiger partial charge in [-0.3, -0.25) is 19.2 Å². The Morgan fingerprint density at radius 3 is 2.30 bits per heavy atom. The summed E-state index contributed by atoms with van der Waals surface area (Å²) in [7, 11) is -1.83. The number of nitrogens with zero attached hydrogens (tertiary/aromatic N) is 1. The second kappa shape index (κ2) is 5.45. The maximum atomic E-state index is 11.8. The monoisotopic (exact) mass is 314 g/mol. The molecule has 0 bridgehead atoms. The highest BCUT2D eigenvalue weighted by Gasteiger charge is 2.36. The van der Waals surface area contributed by atoms with Gasteiger partial charge in [-0.2, -0.15) is 0 Å². The summed E-state index contributed by atoms with van der Waals surface area (Å²) in [5.74, 6) is -0.196. The van der Waals surface area contributed by atoms with Crippen LogP contribution in [-0.2, 0) is 21.2 Å². The van der Waals surface area contributed by atoms with E-state index >= 15 is 0 Å². The molecule has 1 aliphatic heterocycles. The molecule has 0 radical (unpaired) electrons. The Hall–Kier alpha value is -1.54. The third-order valence-electron chi connectivity index (χ3n) is 2.80. The molecule has 0 aromatic heterocycles. The molecule has 8 heteroatoms. The van der Waals surface area contributed by atoms with Gasteiger partial charge in [-0.05, 0) is 24.1 Å². The second-order valence-electron chi connectivity index (χ2n) is 4.54. The minimum atomic E-state index is -3.30. The fraction of sp³-hybridized carbons (Fsp3) is 0.333. The average molecular weight is 314 g/mol. The normalized spacial score (nSPS) is 19.5. The van der Waals surface area contributed by atoms with Crippen LogP contribution in [0.25, 0.3) is 0 Å². The topological polar surface area (TPSA) is 83.6 Å². The van der Waals surface area contributed by atoms with Gasteiger partial charge >= 0.3 is 0 Å². The minimum absolute atomic E-state index is 0.196. The van der Waals surface area contributed by atoms with Gasteiger partial charge in [-0.1, -0.05) is 23.9 Å². The van der Waals surface area contributed by atoms with Gasteiger partial charge in [0.15, 0.2) is 0 Å². The number of rotatable bonds is 4. The summed E-state index contributed by atoms with van der Waals surface area (Å²) in [5.41, 5.74) is 1.34. The van der Waals surface area contributed by atoms with Gasteiger partial charge < -0.3 is 0 Å². The number of nitrogens with one attached hydrogen (secondary N) is 1. The van der Waals surface area contributed by atoms with E-state index in [-0.39, 0.29) is 11.1 Å². The van der Waals surface area contributed by atoms with Gasteiger partial charge in [0.25, 0.3) is 5.24 Å². The lowest BCUT2D eigenvalue weighted by atomic mass is 10.1. The van der Waals surface area contributed by atoms with E-state index in [2.05, 4.69) is 4.72 Å². The molecule has 1 aromatic carbocycles. The van der Waals surface area contributed by atoms with Gasteiger partial charge in [-0.25, -0.2) is 8.42 Å². The van der Waals surface area contributed by atoms with Crippen molar-refractivity contribution in [2.45, 2.75) is 11.7 Å². The third-order valence-corrected chi connectivity index (χ3v) is 4.54. The standard InChI is InChI=1S/C12H14N2O4S2/c1-14-11(15)10(19-12(14)16)7-8-3-5-9(6-4-8)13-20(2,17)18/h3-6,10,13H,7H2,1-2H3/t10-/m1/s1. The maximum absolute atomic E-state index is 11.8. The first kappa shape index (κ1) is 14.9. The highest BCUT2D eigenvalue weighted by Crippen LogP contribution is 2.28. The first-order valence-electron chi connectivity index (χ1n) is 5.81. The molecule has 2 rings (SSSR count). The van der Waals surface area contributed by atoms with Crippen molar-refractivity contribution in [1.29, 1.82) is 0 Å². The average Bonchev–Trinajstić information content (AvgIpc) is 2.58. The summed E-state index contributed by atoms with van der Waals surface area (Å²) in [6, 6.07) is 6.74. The first-order valence-corrected chi connectivity index (χ1v) is 8.58. The Labute approximate surface area is 121 Å². The van der Waals surface area contributed by atoms with Crippen LogP contribution < -0.4 is 4.72 Å². The molecule has 1 aliphatic rings. The largest absolute Gasteiger partial charge is 0.288 e. The molecule has 6 nitrogen and oxygen atoms in total. The van der Waals surface area contributed by atoms with Crippen LogP contribution in [0.1, 0.15) is 5.56 Å². The lowest BCUT2D eigenvalue weighted by molar-refractivity contribution is -0.125. The van der Waals surface area contributed by atoms with Crippen LogP contribution in [0.2, 0.25) is 0 Å². The van der Waals surface area contributed by atoms with Crippen molar-refractivity contribution in [3.8, 4) is 0 Å². The van der Waals surface area contributed by atoms with E-state index in [1.165, 1.54) is 7.05 Å². The smallest absolute Gasteiger partial charge is 0.284 e. The van der Waals surface area contributed by atoms with E-state index < -0.39 is 15.3 Å². The number of hydrogen-bond acceptors (Lipinski definition) is 5.